The molecule has 1 aliphatic rings. The number of carbonyl (C=O) groups is 1. The van der Waals surface area contributed by atoms with E-state index in [-0.39, 0.29) is 24.4 Å². The lowest BCUT2D eigenvalue weighted by atomic mass is 9.83. The normalized spacial score (nSPS) is 20.2. The molecule has 1 amide bonds. The lowest BCUT2D eigenvalue weighted by Gasteiger charge is -2.27. The molecule has 1 saturated carbocycles. The summed E-state index contributed by atoms with van der Waals surface area (Å²) in [5.74, 6) is 1.10. The molecule has 0 aliphatic heterocycles. The molecule has 1 aromatic carbocycles. The molecule has 2 atom stereocenters. The number of hydrogen-bond acceptors (Lipinski definition) is 4. The molecule has 7 heteroatoms. The van der Waals surface area contributed by atoms with Crippen LogP contribution in [0.25, 0.3) is 11.4 Å². The number of nitrogens with two attached hydrogens (primary N) is 1. The Morgan fingerprint density at radius 3 is 2.88 bits per heavy atom. The lowest BCUT2D eigenvalue weighted by molar-refractivity contribution is -0.117. The summed E-state index contributed by atoms with van der Waals surface area (Å²) < 4.78 is 1.85. The Morgan fingerprint density at radius 2 is 2.17 bits per heavy atom. The Hall–Kier alpha value is -1.92. The van der Waals surface area contributed by atoms with Gasteiger partial charge in [-0.15, -0.1) is 22.6 Å². The second kappa shape index (κ2) is 8.26. The molecular formula is C17H24ClN5O. The first-order chi connectivity index (χ1) is 11.1. The molecule has 130 valence electrons. The van der Waals surface area contributed by atoms with Crippen molar-refractivity contribution in [3.8, 4) is 11.4 Å². The van der Waals surface area contributed by atoms with Crippen molar-refractivity contribution in [1.29, 1.82) is 0 Å². The number of nitrogens with one attached hydrogen (secondary N) is 1. The van der Waals surface area contributed by atoms with Gasteiger partial charge in [-0.3, -0.25) is 4.79 Å². The summed E-state index contributed by atoms with van der Waals surface area (Å²) in [6.45, 7) is 0. The first-order valence-corrected chi connectivity index (χ1v) is 8.13. The van der Waals surface area contributed by atoms with Crippen molar-refractivity contribution in [3.05, 3.63) is 30.6 Å². The number of benzene rings is 1. The number of hydrogen-bond donors (Lipinski definition) is 2. The van der Waals surface area contributed by atoms with E-state index in [1.165, 1.54) is 12.8 Å². The number of anilines is 1. The van der Waals surface area contributed by atoms with E-state index < -0.39 is 0 Å². The van der Waals surface area contributed by atoms with Crippen molar-refractivity contribution in [1.82, 2.24) is 14.8 Å². The fraction of sp³-hybridized carbons (Fsp3) is 0.471. The van der Waals surface area contributed by atoms with Crippen molar-refractivity contribution >= 4 is 24.0 Å². The van der Waals surface area contributed by atoms with Gasteiger partial charge in [-0.1, -0.05) is 25.0 Å². The Kier molecular flexibility index (Phi) is 6.34. The van der Waals surface area contributed by atoms with Gasteiger partial charge in [0.05, 0.1) is 0 Å². The minimum atomic E-state index is 0. The van der Waals surface area contributed by atoms with E-state index in [2.05, 4.69) is 15.5 Å². The van der Waals surface area contributed by atoms with Gasteiger partial charge >= 0.3 is 0 Å². The van der Waals surface area contributed by atoms with Crippen LogP contribution in [0.1, 0.15) is 32.1 Å². The second-order valence-electron chi connectivity index (χ2n) is 6.31. The van der Waals surface area contributed by atoms with E-state index in [1.54, 1.807) is 6.33 Å². The molecule has 1 aliphatic carbocycles. The fourth-order valence-corrected chi connectivity index (χ4v) is 3.22. The highest BCUT2D eigenvalue weighted by Crippen LogP contribution is 2.26. The minimum Gasteiger partial charge on any atom is -0.327 e. The number of rotatable bonds is 4. The third kappa shape index (κ3) is 4.33. The SMILES string of the molecule is Cl.Cn1cnnc1-c1cccc(NC(=O)CC2CCCCC2N)c1. The number of nitrogens with zero attached hydrogens (tertiary/aromatic N) is 3. The molecule has 1 heterocycles. The van der Waals surface area contributed by atoms with E-state index in [4.69, 9.17) is 5.73 Å². The van der Waals surface area contributed by atoms with Crippen LogP contribution >= 0.6 is 12.4 Å². The predicted octanol–water partition coefficient (Wildman–Crippen LogP) is 2.75. The summed E-state index contributed by atoms with van der Waals surface area (Å²) in [4.78, 5) is 12.3. The van der Waals surface area contributed by atoms with Gasteiger partial charge in [0.2, 0.25) is 5.91 Å². The van der Waals surface area contributed by atoms with Crippen molar-refractivity contribution in [3.63, 3.8) is 0 Å². The molecule has 0 radical (unpaired) electrons. The van der Waals surface area contributed by atoms with E-state index in [9.17, 15) is 4.79 Å². The van der Waals surface area contributed by atoms with Crippen LogP contribution in [0.2, 0.25) is 0 Å². The average Bonchev–Trinajstić information content (AvgIpc) is 2.96. The molecular weight excluding hydrogens is 326 g/mol. The third-order valence-electron chi connectivity index (χ3n) is 4.53. The van der Waals surface area contributed by atoms with E-state index in [0.29, 0.717) is 12.3 Å². The molecule has 6 nitrogen and oxygen atoms in total. The van der Waals surface area contributed by atoms with Gasteiger partial charge in [0.1, 0.15) is 6.33 Å². The highest BCUT2D eigenvalue weighted by atomic mass is 35.5. The molecule has 1 aromatic heterocycles. The van der Waals surface area contributed by atoms with Gasteiger partial charge in [-0.05, 0) is 30.9 Å². The van der Waals surface area contributed by atoms with Crippen molar-refractivity contribution in [2.75, 3.05) is 5.32 Å². The number of amides is 1. The number of halogens is 1. The van der Waals surface area contributed by atoms with Crippen LogP contribution in [0.15, 0.2) is 30.6 Å². The Labute approximate surface area is 148 Å². The molecule has 1 fully saturated rings. The predicted molar refractivity (Wildman–Crippen MR) is 96.9 cm³/mol. The molecule has 3 N–H and O–H groups in total. The van der Waals surface area contributed by atoms with E-state index >= 15 is 0 Å². The smallest absolute Gasteiger partial charge is 0.224 e. The number of aromatic nitrogens is 3. The van der Waals surface area contributed by atoms with Crippen molar-refractivity contribution in [2.24, 2.45) is 18.7 Å². The van der Waals surface area contributed by atoms with Crippen LogP contribution < -0.4 is 11.1 Å². The summed E-state index contributed by atoms with van der Waals surface area (Å²) in [7, 11) is 1.89. The van der Waals surface area contributed by atoms with E-state index in [1.807, 2.05) is 35.9 Å². The monoisotopic (exact) mass is 349 g/mol. The van der Waals surface area contributed by atoms with E-state index in [0.717, 1.165) is 29.9 Å². The van der Waals surface area contributed by atoms with Gasteiger partial charge in [0.15, 0.2) is 5.82 Å². The van der Waals surface area contributed by atoms with Crippen LogP contribution in [0.3, 0.4) is 0 Å². The number of aryl methyl sites for hydroxylation is 1. The minimum absolute atomic E-state index is 0. The molecule has 2 aromatic rings. The van der Waals surface area contributed by atoms with Crippen LogP contribution in [0, 0.1) is 5.92 Å². The van der Waals surface area contributed by atoms with Gasteiger partial charge in [0, 0.05) is 30.8 Å². The largest absolute Gasteiger partial charge is 0.327 e. The van der Waals surface area contributed by atoms with Crippen LogP contribution in [-0.2, 0) is 11.8 Å². The second-order valence-corrected chi connectivity index (χ2v) is 6.31. The zero-order valence-corrected chi connectivity index (χ0v) is 14.6. The third-order valence-corrected chi connectivity index (χ3v) is 4.53. The molecule has 0 saturated heterocycles. The van der Waals surface area contributed by atoms with Gasteiger partial charge in [0.25, 0.3) is 0 Å². The maximum Gasteiger partial charge on any atom is 0.224 e. The molecule has 2 unspecified atom stereocenters. The van der Waals surface area contributed by atoms with Crippen molar-refractivity contribution in [2.45, 2.75) is 38.1 Å². The summed E-state index contributed by atoms with van der Waals surface area (Å²) in [5.41, 5.74) is 7.83. The van der Waals surface area contributed by atoms with Crippen LogP contribution in [-0.4, -0.2) is 26.7 Å². The first-order valence-electron chi connectivity index (χ1n) is 8.13. The summed E-state index contributed by atoms with van der Waals surface area (Å²) in [6.07, 6.45) is 6.58. The van der Waals surface area contributed by atoms with Crippen LogP contribution in [0.5, 0.6) is 0 Å². The molecule has 3 rings (SSSR count). The highest BCUT2D eigenvalue weighted by Gasteiger charge is 2.24. The Bertz CT molecular complexity index is 687. The van der Waals surface area contributed by atoms with Gasteiger partial charge in [-0.25, -0.2) is 0 Å². The molecule has 24 heavy (non-hydrogen) atoms. The first kappa shape index (κ1) is 18.4. The van der Waals surface area contributed by atoms with Gasteiger partial charge < -0.3 is 15.6 Å². The summed E-state index contributed by atoms with van der Waals surface area (Å²) in [5, 5.41) is 11.0. The average molecular weight is 350 g/mol. The number of carbonyl (C=O) groups excluding carboxylic acids is 1. The zero-order valence-electron chi connectivity index (χ0n) is 13.8. The molecule has 0 spiro atoms. The molecule has 0 bridgehead atoms. The highest BCUT2D eigenvalue weighted by molar-refractivity contribution is 5.91. The Morgan fingerprint density at radius 1 is 1.38 bits per heavy atom. The van der Waals surface area contributed by atoms with Crippen molar-refractivity contribution < 1.29 is 4.79 Å². The maximum atomic E-state index is 12.3. The summed E-state index contributed by atoms with van der Waals surface area (Å²) in [6, 6.07) is 7.82. The fourth-order valence-electron chi connectivity index (χ4n) is 3.22. The maximum absolute atomic E-state index is 12.3. The zero-order chi connectivity index (χ0) is 16.2. The quantitative estimate of drug-likeness (QED) is 0.888. The van der Waals surface area contributed by atoms with Crippen LogP contribution in [0.4, 0.5) is 5.69 Å². The summed E-state index contributed by atoms with van der Waals surface area (Å²) >= 11 is 0. The lowest BCUT2D eigenvalue weighted by Crippen LogP contribution is -2.35. The standard InChI is InChI=1S/C17H23N5O.ClH/c1-22-11-19-21-17(22)13-6-4-7-14(9-13)20-16(23)10-12-5-2-3-8-15(12)18;/h4,6-7,9,11-12,15H,2-3,5,8,10,18H2,1H3,(H,20,23);1H. The van der Waals surface area contributed by atoms with Gasteiger partial charge in [-0.2, -0.15) is 0 Å². The topological polar surface area (TPSA) is 85.8 Å². The Balaban J connectivity index is 0.00000208.